The van der Waals surface area contributed by atoms with Crippen molar-refractivity contribution in [3.63, 3.8) is 0 Å². The van der Waals surface area contributed by atoms with Crippen LogP contribution < -0.4 is 9.47 Å². The normalized spacial score (nSPS) is 13.7. The van der Waals surface area contributed by atoms with Crippen LogP contribution in [0.2, 0.25) is 0 Å². The molecule has 31 heavy (non-hydrogen) atoms. The second-order valence-corrected chi connectivity index (χ2v) is 7.24. The van der Waals surface area contributed by atoms with Crippen LogP contribution in [-0.2, 0) is 20.9 Å². The van der Waals surface area contributed by atoms with Gasteiger partial charge in [-0.05, 0) is 29.7 Å². The van der Waals surface area contributed by atoms with Gasteiger partial charge >= 0.3 is 0 Å². The van der Waals surface area contributed by atoms with Crippen molar-refractivity contribution in [1.29, 1.82) is 0 Å². The number of likely N-dealkylation sites (N-methyl/N-ethyl adjacent to an activating group) is 1. The molecule has 0 aliphatic carbocycles. The SMILES string of the molecule is COCCCN1C(=O)C(c2ccc(OC)c(OC)c2)=C(N(C)Cc2ccccc2)C1=O. The van der Waals surface area contributed by atoms with E-state index < -0.39 is 0 Å². The number of nitrogens with zero attached hydrogens (tertiary/aromatic N) is 2. The van der Waals surface area contributed by atoms with Crippen LogP contribution in [0.15, 0.2) is 54.2 Å². The number of imide groups is 1. The maximum atomic E-state index is 13.3. The van der Waals surface area contributed by atoms with Crippen LogP contribution in [0.4, 0.5) is 0 Å². The highest BCUT2D eigenvalue weighted by Crippen LogP contribution is 2.36. The number of benzene rings is 2. The highest BCUT2D eigenvalue weighted by Gasteiger charge is 2.40. The summed E-state index contributed by atoms with van der Waals surface area (Å²) in [6, 6.07) is 15.1. The van der Waals surface area contributed by atoms with Gasteiger partial charge in [-0.15, -0.1) is 0 Å². The van der Waals surface area contributed by atoms with Crippen molar-refractivity contribution >= 4 is 17.4 Å². The number of ether oxygens (including phenoxy) is 3. The van der Waals surface area contributed by atoms with Crippen molar-refractivity contribution in [3.05, 3.63) is 65.4 Å². The highest BCUT2D eigenvalue weighted by atomic mass is 16.5. The van der Waals surface area contributed by atoms with E-state index in [0.717, 1.165) is 5.56 Å². The number of carbonyl (C=O) groups is 2. The summed E-state index contributed by atoms with van der Waals surface area (Å²) in [6.45, 7) is 1.26. The van der Waals surface area contributed by atoms with E-state index in [1.165, 1.54) is 12.0 Å². The Morgan fingerprint density at radius 3 is 2.26 bits per heavy atom. The molecule has 2 aromatic carbocycles. The fourth-order valence-electron chi connectivity index (χ4n) is 3.68. The minimum absolute atomic E-state index is 0.297. The lowest BCUT2D eigenvalue weighted by molar-refractivity contribution is -0.137. The molecule has 2 amide bonds. The second-order valence-electron chi connectivity index (χ2n) is 7.24. The second kappa shape index (κ2) is 10.1. The van der Waals surface area contributed by atoms with Gasteiger partial charge in [0.1, 0.15) is 5.70 Å². The third-order valence-electron chi connectivity index (χ3n) is 5.19. The van der Waals surface area contributed by atoms with Crippen molar-refractivity contribution in [2.24, 2.45) is 0 Å². The summed E-state index contributed by atoms with van der Waals surface area (Å²) in [5.41, 5.74) is 2.39. The lowest BCUT2D eigenvalue weighted by Gasteiger charge is -2.21. The van der Waals surface area contributed by atoms with Gasteiger partial charge in [0.05, 0.1) is 19.8 Å². The molecule has 0 saturated heterocycles. The predicted octanol–water partition coefficient (Wildman–Crippen LogP) is 2.95. The largest absolute Gasteiger partial charge is 0.493 e. The summed E-state index contributed by atoms with van der Waals surface area (Å²) >= 11 is 0. The van der Waals surface area contributed by atoms with Gasteiger partial charge in [0.25, 0.3) is 11.8 Å². The van der Waals surface area contributed by atoms with Gasteiger partial charge in [0, 0.05) is 33.9 Å². The molecule has 7 heteroatoms. The van der Waals surface area contributed by atoms with Gasteiger partial charge in [-0.3, -0.25) is 14.5 Å². The molecular formula is C24H28N2O5. The molecule has 3 rings (SSSR count). The predicted molar refractivity (Wildman–Crippen MR) is 118 cm³/mol. The molecule has 0 aromatic heterocycles. The Morgan fingerprint density at radius 2 is 1.61 bits per heavy atom. The van der Waals surface area contributed by atoms with Gasteiger partial charge < -0.3 is 19.1 Å². The van der Waals surface area contributed by atoms with Crippen LogP contribution in [0.25, 0.3) is 5.57 Å². The number of methoxy groups -OCH3 is 3. The van der Waals surface area contributed by atoms with Crippen LogP contribution in [0.5, 0.6) is 11.5 Å². The topological polar surface area (TPSA) is 68.3 Å². The first-order valence-electron chi connectivity index (χ1n) is 10.1. The van der Waals surface area contributed by atoms with E-state index in [0.29, 0.717) is 54.4 Å². The number of amides is 2. The van der Waals surface area contributed by atoms with Gasteiger partial charge in [0.15, 0.2) is 11.5 Å². The maximum absolute atomic E-state index is 13.3. The Hall–Kier alpha value is -3.32. The standard InChI is InChI=1S/C24H28N2O5/c1-25(16-17-9-6-5-7-10-17)22-21(18-11-12-19(30-3)20(15-18)31-4)23(27)26(24(22)28)13-8-14-29-2/h5-7,9-12,15H,8,13-14,16H2,1-4H3. The summed E-state index contributed by atoms with van der Waals surface area (Å²) in [4.78, 5) is 29.8. The Kier molecular flexibility index (Phi) is 7.31. The van der Waals surface area contributed by atoms with E-state index in [9.17, 15) is 9.59 Å². The first-order valence-corrected chi connectivity index (χ1v) is 10.1. The summed E-state index contributed by atoms with van der Waals surface area (Å²) in [5, 5.41) is 0. The Bertz CT molecular complexity index is 971. The van der Waals surface area contributed by atoms with Crippen LogP contribution in [-0.4, -0.2) is 63.1 Å². The Morgan fingerprint density at radius 1 is 0.903 bits per heavy atom. The minimum Gasteiger partial charge on any atom is -0.493 e. The quantitative estimate of drug-likeness (QED) is 0.432. The summed E-state index contributed by atoms with van der Waals surface area (Å²) in [5.74, 6) is 0.433. The molecule has 1 aliphatic rings. The van der Waals surface area contributed by atoms with E-state index in [2.05, 4.69) is 0 Å². The van der Waals surface area contributed by atoms with Crippen molar-refractivity contribution in [3.8, 4) is 11.5 Å². The lowest BCUT2D eigenvalue weighted by atomic mass is 10.0. The van der Waals surface area contributed by atoms with Crippen LogP contribution in [0.1, 0.15) is 17.5 Å². The molecule has 0 bridgehead atoms. The highest BCUT2D eigenvalue weighted by molar-refractivity contribution is 6.35. The number of rotatable bonds is 10. The zero-order valence-electron chi connectivity index (χ0n) is 18.4. The van der Waals surface area contributed by atoms with Crippen LogP contribution in [0.3, 0.4) is 0 Å². The lowest BCUT2D eigenvalue weighted by Crippen LogP contribution is -2.35. The number of hydrogen-bond donors (Lipinski definition) is 0. The monoisotopic (exact) mass is 424 g/mol. The van der Waals surface area contributed by atoms with Crippen LogP contribution >= 0.6 is 0 Å². The van der Waals surface area contributed by atoms with Gasteiger partial charge in [-0.2, -0.15) is 0 Å². The van der Waals surface area contributed by atoms with E-state index in [1.807, 2.05) is 42.3 Å². The number of carbonyl (C=O) groups excluding carboxylic acids is 2. The third kappa shape index (κ3) is 4.72. The van der Waals surface area contributed by atoms with E-state index in [-0.39, 0.29) is 11.8 Å². The van der Waals surface area contributed by atoms with Gasteiger partial charge in [0.2, 0.25) is 0 Å². The Balaban J connectivity index is 2.03. The molecule has 0 saturated carbocycles. The van der Waals surface area contributed by atoms with Gasteiger partial charge in [-0.25, -0.2) is 0 Å². The Labute approximate surface area is 182 Å². The molecule has 164 valence electrons. The summed E-state index contributed by atoms with van der Waals surface area (Å²) in [7, 11) is 6.52. The fourth-order valence-corrected chi connectivity index (χ4v) is 3.68. The average Bonchev–Trinajstić information content (AvgIpc) is 3.04. The molecule has 0 unspecified atom stereocenters. The van der Waals surface area contributed by atoms with Gasteiger partial charge in [-0.1, -0.05) is 36.4 Å². The molecular weight excluding hydrogens is 396 g/mol. The molecule has 7 nitrogen and oxygen atoms in total. The van der Waals surface area contributed by atoms with Crippen LogP contribution in [0, 0.1) is 0 Å². The molecule has 2 aromatic rings. The van der Waals surface area contributed by atoms with E-state index in [4.69, 9.17) is 14.2 Å². The minimum atomic E-state index is -0.316. The zero-order valence-corrected chi connectivity index (χ0v) is 18.4. The molecule has 0 spiro atoms. The summed E-state index contributed by atoms with van der Waals surface area (Å²) in [6.07, 6.45) is 0.572. The molecule has 1 aliphatic heterocycles. The van der Waals surface area contributed by atoms with E-state index in [1.54, 1.807) is 32.4 Å². The first-order chi connectivity index (χ1) is 15.0. The van der Waals surface area contributed by atoms with E-state index >= 15 is 0 Å². The van der Waals surface area contributed by atoms with Crippen molar-refractivity contribution in [1.82, 2.24) is 9.80 Å². The van der Waals surface area contributed by atoms with Crippen molar-refractivity contribution < 1.29 is 23.8 Å². The zero-order chi connectivity index (χ0) is 22.4. The average molecular weight is 424 g/mol. The molecule has 0 atom stereocenters. The fraction of sp³-hybridized carbons (Fsp3) is 0.333. The molecule has 0 radical (unpaired) electrons. The first kappa shape index (κ1) is 22.4. The molecule has 0 N–H and O–H groups in total. The van der Waals surface area contributed by atoms with Crippen molar-refractivity contribution in [2.75, 3.05) is 41.5 Å². The summed E-state index contributed by atoms with van der Waals surface area (Å²) < 4.78 is 15.8. The smallest absolute Gasteiger partial charge is 0.277 e. The molecule has 1 heterocycles. The van der Waals surface area contributed by atoms with Crippen molar-refractivity contribution in [2.45, 2.75) is 13.0 Å². The maximum Gasteiger partial charge on any atom is 0.277 e. The third-order valence-corrected chi connectivity index (χ3v) is 5.19. The molecule has 0 fully saturated rings. The number of hydrogen-bond acceptors (Lipinski definition) is 6.